The topological polar surface area (TPSA) is 12.4 Å². The number of hydrogen-bond acceptors (Lipinski definition) is 1. The van der Waals surface area contributed by atoms with Crippen LogP contribution in [-0.4, -0.2) is 70.5 Å². The number of alkyl halides is 15. The van der Waals surface area contributed by atoms with Crippen LogP contribution in [0.1, 0.15) is 31.9 Å². The molecule has 0 aliphatic carbocycles. The standard InChI is InChI=1S/C19H15F15NSe/c1-12(2,3)10-6-4-5-9(11(10)36)7-35-8-13(20,21)14(22,23)15(24,25)16(26,27)17(28,29)18(30,31)19(32,33)34/h4-7H,8H2,1-3H3. The summed E-state index contributed by atoms with van der Waals surface area (Å²) in [6.45, 7) is 2.36. The van der Waals surface area contributed by atoms with E-state index in [1.165, 1.54) is 12.1 Å². The molecule has 36 heavy (non-hydrogen) atoms. The molecular formula is C19H15F15NSe. The molecule has 0 aliphatic heterocycles. The van der Waals surface area contributed by atoms with Gasteiger partial charge >= 0.3 is 188 Å². The molecule has 0 unspecified atom stereocenters. The zero-order valence-corrected chi connectivity index (χ0v) is 19.8. The molecule has 1 aromatic rings. The summed E-state index contributed by atoms with van der Waals surface area (Å²) >= 11 is 2.52. The van der Waals surface area contributed by atoms with Gasteiger partial charge in [-0.1, -0.05) is 0 Å². The van der Waals surface area contributed by atoms with Crippen molar-refractivity contribution < 1.29 is 65.9 Å². The summed E-state index contributed by atoms with van der Waals surface area (Å²) in [5, 5.41) is 0. The van der Waals surface area contributed by atoms with Crippen molar-refractivity contribution in [1.82, 2.24) is 0 Å². The first kappa shape index (κ1) is 32.4. The molecule has 0 amide bonds. The van der Waals surface area contributed by atoms with Crippen molar-refractivity contribution >= 4 is 26.7 Å². The maximum absolute atomic E-state index is 13.9. The van der Waals surface area contributed by atoms with Gasteiger partial charge in [-0.2, -0.15) is 13.2 Å². The van der Waals surface area contributed by atoms with E-state index in [2.05, 4.69) is 21.0 Å². The van der Waals surface area contributed by atoms with Gasteiger partial charge in [-0.05, 0) is 0 Å². The van der Waals surface area contributed by atoms with Gasteiger partial charge in [0.1, 0.15) is 0 Å². The molecule has 1 nitrogen and oxygen atoms in total. The second-order valence-corrected chi connectivity index (χ2v) is 9.37. The Hall–Kier alpha value is -1.64. The monoisotopic (exact) mass is 622 g/mol. The third-order valence-corrected chi connectivity index (χ3v) is 5.72. The van der Waals surface area contributed by atoms with Gasteiger partial charge in [-0.15, -0.1) is 0 Å². The predicted octanol–water partition coefficient (Wildman–Crippen LogP) is 6.57. The molecule has 0 aliphatic rings. The average Bonchev–Trinajstić information content (AvgIpc) is 2.66. The molecule has 0 fully saturated rings. The van der Waals surface area contributed by atoms with Crippen LogP contribution in [0.4, 0.5) is 65.9 Å². The van der Waals surface area contributed by atoms with E-state index in [0.29, 0.717) is 11.8 Å². The van der Waals surface area contributed by atoms with Gasteiger partial charge in [-0.3, -0.25) is 0 Å². The quantitative estimate of drug-likeness (QED) is 0.177. The molecule has 1 radical (unpaired) electrons. The number of aliphatic imine (C=N–C) groups is 1. The second kappa shape index (κ2) is 9.28. The average molecular weight is 621 g/mol. The van der Waals surface area contributed by atoms with Crippen LogP contribution in [0.3, 0.4) is 0 Å². The first-order valence-corrected chi connectivity index (χ1v) is 10.1. The van der Waals surface area contributed by atoms with Crippen molar-refractivity contribution in [3.63, 3.8) is 0 Å². The number of benzene rings is 1. The van der Waals surface area contributed by atoms with E-state index < -0.39 is 53.7 Å². The van der Waals surface area contributed by atoms with E-state index in [9.17, 15) is 65.9 Å². The minimum absolute atomic E-state index is 0.0741. The van der Waals surface area contributed by atoms with Crippen molar-refractivity contribution in [2.45, 2.75) is 67.9 Å². The zero-order valence-electron chi connectivity index (χ0n) is 18.0. The van der Waals surface area contributed by atoms with Crippen molar-refractivity contribution in [3.05, 3.63) is 29.3 Å². The minimum atomic E-state index is -8.30. The number of halogens is 15. The van der Waals surface area contributed by atoms with Crippen LogP contribution >= 0.6 is 0 Å². The Labute approximate surface area is 201 Å². The summed E-state index contributed by atoms with van der Waals surface area (Å²) < 4.78 is 198. The molecule has 0 saturated carbocycles. The van der Waals surface area contributed by atoms with Gasteiger partial charge in [0.05, 0.1) is 0 Å². The molecule has 0 spiro atoms. The molecule has 1 rings (SSSR count). The van der Waals surface area contributed by atoms with E-state index in [0.717, 1.165) is 0 Å². The number of rotatable bonds is 8. The Morgan fingerprint density at radius 3 is 1.50 bits per heavy atom. The molecule has 0 N–H and O–H groups in total. The second-order valence-electron chi connectivity index (χ2n) is 8.52. The van der Waals surface area contributed by atoms with E-state index in [1.54, 1.807) is 26.8 Å². The molecule has 0 atom stereocenters. The van der Waals surface area contributed by atoms with Crippen molar-refractivity contribution in [2.75, 3.05) is 6.54 Å². The first-order chi connectivity index (χ1) is 15.6. The van der Waals surface area contributed by atoms with Crippen LogP contribution in [0.2, 0.25) is 0 Å². The van der Waals surface area contributed by atoms with Crippen molar-refractivity contribution in [3.8, 4) is 0 Å². The molecule has 0 heterocycles. The van der Waals surface area contributed by atoms with Crippen LogP contribution in [0.25, 0.3) is 0 Å². The van der Waals surface area contributed by atoms with E-state index in [4.69, 9.17) is 0 Å². The van der Waals surface area contributed by atoms with E-state index in [1.807, 2.05) is 0 Å². The fourth-order valence-corrected chi connectivity index (χ4v) is 3.64. The summed E-state index contributed by atoms with van der Waals surface area (Å²) in [5.74, 6) is -46.7. The molecule has 0 saturated heterocycles. The molecule has 1 aromatic carbocycles. The maximum atomic E-state index is 13.9. The van der Waals surface area contributed by atoms with Crippen molar-refractivity contribution in [2.24, 2.45) is 4.99 Å². The SMILES string of the molecule is CC(C)(C)c1cccc(C=NCC(F)(F)C(F)(F)C(F)(F)C(F)(F)C(F)(F)C(F)(F)C(F)(F)F)c1[Se]. The fraction of sp³-hybridized carbons (Fsp3) is 0.632. The fourth-order valence-electron chi connectivity index (χ4n) is 2.60. The first-order valence-electron chi connectivity index (χ1n) is 9.25. The molecule has 0 bridgehead atoms. The summed E-state index contributed by atoms with van der Waals surface area (Å²) in [6, 6.07) is 4.10. The predicted molar refractivity (Wildman–Crippen MR) is 98.7 cm³/mol. The normalized spacial score (nSPS) is 15.6. The molecule has 0 aromatic heterocycles. The third kappa shape index (κ3) is 5.05. The van der Waals surface area contributed by atoms with Gasteiger partial charge < -0.3 is 0 Å². The van der Waals surface area contributed by atoms with Crippen LogP contribution in [0, 0.1) is 0 Å². The van der Waals surface area contributed by atoms with E-state index >= 15 is 0 Å². The van der Waals surface area contributed by atoms with Gasteiger partial charge in [0.2, 0.25) is 0 Å². The third-order valence-electron chi connectivity index (χ3n) is 4.77. The Bertz CT molecular complexity index is 974. The van der Waals surface area contributed by atoms with Gasteiger partial charge in [0.15, 0.2) is 0 Å². The summed E-state index contributed by atoms with van der Waals surface area (Å²) in [6.07, 6.45) is -7.21. The van der Waals surface area contributed by atoms with Crippen LogP contribution in [-0.2, 0) is 5.41 Å². The Balaban J connectivity index is 3.42. The molecule has 17 heteroatoms. The zero-order chi connectivity index (χ0) is 29.0. The van der Waals surface area contributed by atoms with Crippen LogP contribution < -0.4 is 4.46 Å². The summed E-state index contributed by atoms with van der Waals surface area (Å²) in [7, 11) is 0. The van der Waals surface area contributed by atoms with Gasteiger partial charge in [0.25, 0.3) is 0 Å². The van der Waals surface area contributed by atoms with Crippen LogP contribution in [0.15, 0.2) is 23.2 Å². The Kier molecular flexibility index (Phi) is 8.35. The van der Waals surface area contributed by atoms with E-state index in [-0.39, 0.29) is 10.0 Å². The Morgan fingerprint density at radius 1 is 0.667 bits per heavy atom. The van der Waals surface area contributed by atoms with Crippen molar-refractivity contribution in [1.29, 1.82) is 0 Å². The van der Waals surface area contributed by atoms with Gasteiger partial charge in [0, 0.05) is 0 Å². The summed E-state index contributed by atoms with van der Waals surface area (Å²) in [5.41, 5.74) is -0.0869. The van der Waals surface area contributed by atoms with Crippen LogP contribution in [0.5, 0.6) is 0 Å². The molecule has 207 valence electrons. The Morgan fingerprint density at radius 2 is 1.08 bits per heavy atom. The number of nitrogens with zero attached hydrogens (tertiary/aromatic N) is 1. The van der Waals surface area contributed by atoms with Gasteiger partial charge in [-0.25, -0.2) is 0 Å². The molecular weight excluding hydrogens is 606 g/mol. The summed E-state index contributed by atoms with van der Waals surface area (Å²) in [4.78, 5) is 2.74. The number of hydrogen-bond donors (Lipinski definition) is 0.